The highest BCUT2D eigenvalue weighted by Crippen LogP contribution is 2.45. The molecule has 0 aliphatic heterocycles. The summed E-state index contributed by atoms with van der Waals surface area (Å²) in [5.74, 6) is 0. The van der Waals surface area contributed by atoms with Gasteiger partial charge in [0.25, 0.3) is 0 Å². The zero-order chi connectivity index (χ0) is 15.3. The molecule has 0 spiro atoms. The van der Waals surface area contributed by atoms with Crippen molar-refractivity contribution in [1.82, 2.24) is 4.57 Å². The molecule has 1 heterocycles. The highest BCUT2D eigenvalue weighted by Gasteiger charge is 2.31. The molecule has 2 aromatic carbocycles. The maximum Gasteiger partial charge on any atom is 0.123 e. The van der Waals surface area contributed by atoms with Crippen LogP contribution in [0, 0.1) is 0 Å². The number of allylic oxidation sites excluding steroid dienone is 4. The molecule has 22 heavy (non-hydrogen) atoms. The number of para-hydroxylation sites is 1. The van der Waals surface area contributed by atoms with Crippen LogP contribution < -0.4 is 0 Å². The molecule has 4 heteroatoms. The third-order valence-corrected chi connectivity index (χ3v) is 6.17. The van der Waals surface area contributed by atoms with Crippen molar-refractivity contribution in [2.45, 2.75) is 10.9 Å². The van der Waals surface area contributed by atoms with Crippen LogP contribution in [0.3, 0.4) is 0 Å². The number of hydrogen-bond donors (Lipinski definition) is 0. The third-order valence-electron chi connectivity index (χ3n) is 4.06. The first-order chi connectivity index (χ1) is 10.6. The van der Waals surface area contributed by atoms with Crippen LogP contribution in [-0.2, 0) is 4.45 Å². The normalized spacial score (nSPS) is 21.5. The Labute approximate surface area is 154 Å². The summed E-state index contributed by atoms with van der Waals surface area (Å²) < 4.78 is 4.44. The van der Waals surface area contributed by atoms with Crippen LogP contribution in [0.1, 0.15) is 6.42 Å². The van der Waals surface area contributed by atoms with E-state index in [-0.39, 0.29) is 4.45 Å². The minimum atomic E-state index is -0.261. The van der Waals surface area contributed by atoms with E-state index in [1.165, 1.54) is 26.3 Å². The lowest BCUT2D eigenvalue weighted by molar-refractivity contribution is 0.594. The Morgan fingerprint density at radius 3 is 2.55 bits per heavy atom. The second-order valence-corrected chi connectivity index (χ2v) is 8.70. The highest BCUT2D eigenvalue weighted by atomic mass is 79.9. The summed E-state index contributed by atoms with van der Waals surface area (Å²) in [7, 11) is 0. The van der Waals surface area contributed by atoms with E-state index in [4.69, 9.17) is 0 Å². The second kappa shape index (κ2) is 5.36. The fourth-order valence-electron chi connectivity index (χ4n) is 3.18. The molecular formula is C18H12Br3N. The Bertz CT molecular complexity index is 952. The fourth-order valence-corrected chi connectivity index (χ4v) is 5.55. The third kappa shape index (κ3) is 2.15. The minimum absolute atomic E-state index is 0.261. The number of nitrogens with zero attached hydrogens (tertiary/aromatic N) is 1. The van der Waals surface area contributed by atoms with Gasteiger partial charge >= 0.3 is 0 Å². The van der Waals surface area contributed by atoms with Gasteiger partial charge in [-0.05, 0) is 28.8 Å². The van der Waals surface area contributed by atoms with Gasteiger partial charge < -0.3 is 4.57 Å². The Balaban J connectivity index is 2.15. The molecule has 0 bridgehead atoms. The second-order valence-electron chi connectivity index (χ2n) is 5.45. The molecule has 1 aromatic heterocycles. The lowest BCUT2D eigenvalue weighted by Crippen LogP contribution is -2.25. The molecule has 0 radical (unpaired) electrons. The minimum Gasteiger partial charge on any atom is -0.321 e. The summed E-state index contributed by atoms with van der Waals surface area (Å²) in [5.41, 5.74) is 2.45. The number of hydrogen-bond acceptors (Lipinski definition) is 0. The van der Waals surface area contributed by atoms with E-state index in [1.807, 2.05) is 0 Å². The van der Waals surface area contributed by atoms with Crippen molar-refractivity contribution in [3.05, 3.63) is 69.6 Å². The highest BCUT2D eigenvalue weighted by molar-refractivity contribution is 9.12. The summed E-state index contributed by atoms with van der Waals surface area (Å²) in [6.45, 7) is 0. The topological polar surface area (TPSA) is 4.93 Å². The first-order valence-electron chi connectivity index (χ1n) is 7.01. The summed E-state index contributed by atoms with van der Waals surface area (Å²) in [6.07, 6.45) is 7.29. The van der Waals surface area contributed by atoms with E-state index in [2.05, 4.69) is 113 Å². The lowest BCUT2D eigenvalue weighted by atomic mass is 10.1. The lowest BCUT2D eigenvalue weighted by Gasteiger charge is -2.30. The molecule has 1 atom stereocenters. The Kier molecular flexibility index (Phi) is 3.59. The van der Waals surface area contributed by atoms with Gasteiger partial charge in [-0.15, -0.1) is 0 Å². The fraction of sp³-hybridized carbons (Fsp3) is 0.111. The molecule has 1 unspecified atom stereocenters. The van der Waals surface area contributed by atoms with E-state index >= 15 is 0 Å². The van der Waals surface area contributed by atoms with Crippen LogP contribution in [0.5, 0.6) is 0 Å². The summed E-state index contributed by atoms with van der Waals surface area (Å²) >= 11 is 11.3. The van der Waals surface area contributed by atoms with E-state index < -0.39 is 0 Å². The van der Waals surface area contributed by atoms with Crippen molar-refractivity contribution >= 4 is 69.6 Å². The van der Waals surface area contributed by atoms with Gasteiger partial charge in [0, 0.05) is 21.7 Å². The van der Waals surface area contributed by atoms with Crippen molar-refractivity contribution in [2.24, 2.45) is 0 Å². The van der Waals surface area contributed by atoms with Gasteiger partial charge in [0.05, 0.1) is 11.0 Å². The van der Waals surface area contributed by atoms with Gasteiger partial charge in [-0.1, -0.05) is 84.2 Å². The SMILES string of the molecule is BrC1=CC=CC(Br)(n2c3ccccc3c3c(Br)cccc32)C1. The van der Waals surface area contributed by atoms with Crippen LogP contribution in [0.25, 0.3) is 21.8 Å². The molecule has 3 aromatic rings. The molecule has 0 fully saturated rings. The van der Waals surface area contributed by atoms with Crippen LogP contribution >= 0.6 is 47.8 Å². The quantitative estimate of drug-likeness (QED) is 0.335. The van der Waals surface area contributed by atoms with Gasteiger partial charge in [0.15, 0.2) is 0 Å². The van der Waals surface area contributed by atoms with E-state index in [1.54, 1.807) is 0 Å². The van der Waals surface area contributed by atoms with Crippen molar-refractivity contribution in [2.75, 3.05) is 0 Å². The number of halogens is 3. The van der Waals surface area contributed by atoms with Crippen molar-refractivity contribution < 1.29 is 0 Å². The molecule has 0 saturated carbocycles. The number of benzene rings is 2. The molecule has 1 aliphatic rings. The van der Waals surface area contributed by atoms with Crippen LogP contribution in [0.15, 0.2) is 69.6 Å². The first-order valence-corrected chi connectivity index (χ1v) is 9.39. The van der Waals surface area contributed by atoms with Crippen LogP contribution in [0.4, 0.5) is 0 Å². The maximum atomic E-state index is 3.98. The molecule has 4 rings (SSSR count). The zero-order valence-corrected chi connectivity index (χ0v) is 16.3. The van der Waals surface area contributed by atoms with E-state index in [9.17, 15) is 0 Å². The molecule has 1 nitrogen and oxygen atoms in total. The van der Waals surface area contributed by atoms with Crippen LogP contribution in [0.2, 0.25) is 0 Å². The van der Waals surface area contributed by atoms with Crippen molar-refractivity contribution in [3.63, 3.8) is 0 Å². The molecule has 0 N–H and O–H groups in total. The first kappa shape index (κ1) is 14.7. The average molecular weight is 482 g/mol. The summed E-state index contributed by atoms with van der Waals surface area (Å²) in [6, 6.07) is 14.9. The van der Waals surface area contributed by atoms with Gasteiger partial charge in [-0.25, -0.2) is 0 Å². The predicted octanol–water partition coefficient (Wildman–Crippen LogP) is 6.84. The van der Waals surface area contributed by atoms with Gasteiger partial charge in [0.2, 0.25) is 0 Å². The average Bonchev–Trinajstić information content (AvgIpc) is 2.83. The molecule has 1 aliphatic carbocycles. The Morgan fingerprint density at radius 1 is 0.955 bits per heavy atom. The summed E-state index contributed by atoms with van der Waals surface area (Å²) in [4.78, 5) is 0. The monoisotopic (exact) mass is 479 g/mol. The van der Waals surface area contributed by atoms with Crippen molar-refractivity contribution in [3.8, 4) is 0 Å². The zero-order valence-electron chi connectivity index (χ0n) is 11.6. The van der Waals surface area contributed by atoms with E-state index in [0.29, 0.717) is 0 Å². The molecule has 0 saturated heterocycles. The standard InChI is InChI=1S/C18H12Br3N/c19-12-5-4-10-18(21,11-12)22-15-8-2-1-6-13(15)17-14(20)7-3-9-16(17)22/h1-10H,11H2. The maximum absolute atomic E-state index is 3.98. The summed E-state index contributed by atoms with van der Waals surface area (Å²) in [5, 5.41) is 2.53. The van der Waals surface area contributed by atoms with Crippen LogP contribution in [-0.4, -0.2) is 4.57 Å². The Hall–Kier alpha value is -0.840. The molecule has 0 amide bonds. The van der Waals surface area contributed by atoms with Gasteiger partial charge in [-0.2, -0.15) is 0 Å². The van der Waals surface area contributed by atoms with E-state index in [0.717, 1.165) is 10.9 Å². The smallest absolute Gasteiger partial charge is 0.123 e. The van der Waals surface area contributed by atoms with Gasteiger partial charge in [0.1, 0.15) is 4.45 Å². The molecule has 110 valence electrons. The van der Waals surface area contributed by atoms with Crippen molar-refractivity contribution in [1.29, 1.82) is 0 Å². The number of aromatic nitrogens is 1. The number of alkyl halides is 1. The predicted molar refractivity (Wildman–Crippen MR) is 105 cm³/mol. The van der Waals surface area contributed by atoms with Gasteiger partial charge in [-0.3, -0.25) is 0 Å². The number of rotatable bonds is 1. The largest absolute Gasteiger partial charge is 0.321 e. The molecular weight excluding hydrogens is 470 g/mol. The Morgan fingerprint density at radius 2 is 1.73 bits per heavy atom. The number of fused-ring (bicyclic) bond motifs is 3.